The van der Waals surface area contributed by atoms with Gasteiger partial charge in [-0.25, -0.2) is 8.78 Å². The Morgan fingerprint density at radius 1 is 1.29 bits per heavy atom. The number of halogens is 3. The average molecular weight is 328 g/mol. The summed E-state index contributed by atoms with van der Waals surface area (Å²) in [6.45, 7) is 1.79. The first kappa shape index (κ1) is 15.8. The third-order valence-electron chi connectivity index (χ3n) is 2.79. The number of carbonyl (C=O) groups is 1. The van der Waals surface area contributed by atoms with E-state index in [0.717, 1.165) is 35.5 Å². The van der Waals surface area contributed by atoms with Crippen molar-refractivity contribution < 1.29 is 13.6 Å². The van der Waals surface area contributed by atoms with Gasteiger partial charge in [-0.15, -0.1) is 11.8 Å². The number of anilines is 1. The minimum Gasteiger partial charge on any atom is -0.325 e. The Kier molecular flexibility index (Phi) is 5.20. The van der Waals surface area contributed by atoms with Gasteiger partial charge in [0.25, 0.3) is 0 Å². The standard InChI is InChI=1S/C15H12ClF2NOS/c1-9-11(16)3-2-4-13(9)19-15(20)8-21-14-7-10(17)5-6-12(14)18/h2-7H,8H2,1H3,(H,19,20). The molecule has 0 unspecified atom stereocenters. The van der Waals surface area contributed by atoms with Gasteiger partial charge in [-0.3, -0.25) is 4.79 Å². The van der Waals surface area contributed by atoms with Crippen LogP contribution in [0.2, 0.25) is 5.02 Å². The monoisotopic (exact) mass is 327 g/mol. The normalized spacial score (nSPS) is 10.5. The predicted octanol–water partition coefficient (Wildman–Crippen LogP) is 4.66. The summed E-state index contributed by atoms with van der Waals surface area (Å²) in [6, 6.07) is 8.32. The summed E-state index contributed by atoms with van der Waals surface area (Å²) < 4.78 is 26.4. The predicted molar refractivity (Wildman–Crippen MR) is 81.9 cm³/mol. The largest absolute Gasteiger partial charge is 0.325 e. The Morgan fingerprint density at radius 2 is 2.05 bits per heavy atom. The summed E-state index contributed by atoms with van der Waals surface area (Å²) in [4.78, 5) is 12.0. The number of nitrogens with one attached hydrogen (secondary N) is 1. The summed E-state index contributed by atoms with van der Waals surface area (Å²) in [5, 5.41) is 3.25. The molecule has 0 fully saturated rings. The first-order valence-electron chi connectivity index (χ1n) is 6.10. The van der Waals surface area contributed by atoms with Crippen molar-refractivity contribution >= 4 is 35.0 Å². The molecular formula is C15H12ClF2NOS. The molecule has 21 heavy (non-hydrogen) atoms. The van der Waals surface area contributed by atoms with Crippen molar-refractivity contribution in [3.63, 3.8) is 0 Å². The van der Waals surface area contributed by atoms with Crippen molar-refractivity contribution in [3.8, 4) is 0 Å². The second-order valence-corrected chi connectivity index (χ2v) is 5.75. The number of amides is 1. The van der Waals surface area contributed by atoms with E-state index in [1.165, 1.54) is 0 Å². The van der Waals surface area contributed by atoms with Gasteiger partial charge < -0.3 is 5.32 Å². The molecule has 2 aromatic rings. The third-order valence-corrected chi connectivity index (χ3v) is 4.23. The van der Waals surface area contributed by atoms with Gasteiger partial charge in [0.15, 0.2) is 0 Å². The van der Waals surface area contributed by atoms with Gasteiger partial charge in [-0.05, 0) is 42.8 Å². The zero-order valence-corrected chi connectivity index (χ0v) is 12.7. The molecule has 1 amide bonds. The lowest BCUT2D eigenvalue weighted by molar-refractivity contribution is -0.113. The van der Waals surface area contributed by atoms with E-state index in [1.807, 2.05) is 0 Å². The van der Waals surface area contributed by atoms with Gasteiger partial charge in [0.1, 0.15) is 11.6 Å². The van der Waals surface area contributed by atoms with Crippen molar-refractivity contribution in [2.24, 2.45) is 0 Å². The number of thioether (sulfide) groups is 1. The highest BCUT2D eigenvalue weighted by Gasteiger charge is 2.10. The molecular weight excluding hydrogens is 316 g/mol. The molecule has 110 valence electrons. The van der Waals surface area contributed by atoms with Gasteiger partial charge in [-0.2, -0.15) is 0 Å². The van der Waals surface area contributed by atoms with Crippen LogP contribution in [0.4, 0.5) is 14.5 Å². The highest BCUT2D eigenvalue weighted by Crippen LogP contribution is 2.25. The van der Waals surface area contributed by atoms with Crippen molar-refractivity contribution in [1.29, 1.82) is 0 Å². The molecule has 0 atom stereocenters. The Labute approximate surface area is 130 Å². The van der Waals surface area contributed by atoms with E-state index in [9.17, 15) is 13.6 Å². The zero-order valence-electron chi connectivity index (χ0n) is 11.1. The van der Waals surface area contributed by atoms with E-state index >= 15 is 0 Å². The Hall–Kier alpha value is -1.59. The van der Waals surface area contributed by atoms with E-state index in [-0.39, 0.29) is 16.6 Å². The molecule has 0 aliphatic carbocycles. The van der Waals surface area contributed by atoms with Gasteiger partial charge in [0.05, 0.1) is 5.75 Å². The van der Waals surface area contributed by atoms with Crippen LogP contribution in [0, 0.1) is 18.6 Å². The number of carbonyl (C=O) groups excluding carboxylic acids is 1. The minimum absolute atomic E-state index is 0.0215. The van der Waals surface area contributed by atoms with Crippen LogP contribution in [0.3, 0.4) is 0 Å². The maximum atomic E-state index is 13.4. The number of hydrogen-bond acceptors (Lipinski definition) is 2. The summed E-state index contributed by atoms with van der Waals surface area (Å²) >= 11 is 6.90. The quantitative estimate of drug-likeness (QED) is 0.828. The molecule has 0 bridgehead atoms. The first-order chi connectivity index (χ1) is 9.97. The van der Waals surface area contributed by atoms with Crippen LogP contribution in [-0.4, -0.2) is 11.7 Å². The second kappa shape index (κ2) is 6.91. The third kappa shape index (κ3) is 4.19. The summed E-state index contributed by atoms with van der Waals surface area (Å²) in [5.74, 6) is -1.42. The fourth-order valence-electron chi connectivity index (χ4n) is 1.66. The fraction of sp³-hybridized carbons (Fsp3) is 0.133. The van der Waals surface area contributed by atoms with Crippen LogP contribution in [-0.2, 0) is 4.79 Å². The highest BCUT2D eigenvalue weighted by atomic mass is 35.5. The van der Waals surface area contributed by atoms with Gasteiger partial charge in [-0.1, -0.05) is 17.7 Å². The van der Waals surface area contributed by atoms with E-state index < -0.39 is 11.6 Å². The number of hydrogen-bond donors (Lipinski definition) is 1. The minimum atomic E-state index is -0.548. The fourth-order valence-corrected chi connectivity index (χ4v) is 2.60. The van der Waals surface area contributed by atoms with E-state index in [2.05, 4.69) is 5.32 Å². The van der Waals surface area contributed by atoms with Crippen LogP contribution >= 0.6 is 23.4 Å². The van der Waals surface area contributed by atoms with Crippen molar-refractivity contribution in [1.82, 2.24) is 0 Å². The van der Waals surface area contributed by atoms with Gasteiger partial charge in [0, 0.05) is 15.6 Å². The molecule has 0 heterocycles. The van der Waals surface area contributed by atoms with Crippen molar-refractivity contribution in [2.75, 3.05) is 11.1 Å². The zero-order chi connectivity index (χ0) is 15.4. The Bertz CT molecular complexity index is 679. The van der Waals surface area contributed by atoms with E-state index in [0.29, 0.717) is 10.7 Å². The summed E-state index contributed by atoms with van der Waals surface area (Å²) in [7, 11) is 0. The highest BCUT2D eigenvalue weighted by molar-refractivity contribution is 8.00. The molecule has 1 N–H and O–H groups in total. The SMILES string of the molecule is Cc1c(Cl)cccc1NC(=O)CSc1cc(F)ccc1F. The van der Waals surface area contributed by atoms with Crippen LogP contribution in [0.25, 0.3) is 0 Å². The molecule has 0 aliphatic heterocycles. The summed E-state index contributed by atoms with van der Waals surface area (Å²) in [5.41, 5.74) is 1.36. The van der Waals surface area contributed by atoms with E-state index in [1.54, 1.807) is 25.1 Å². The van der Waals surface area contributed by atoms with Gasteiger partial charge >= 0.3 is 0 Å². The average Bonchev–Trinajstić information content (AvgIpc) is 2.45. The van der Waals surface area contributed by atoms with Crippen LogP contribution < -0.4 is 5.32 Å². The van der Waals surface area contributed by atoms with Gasteiger partial charge in [0.2, 0.25) is 5.91 Å². The lowest BCUT2D eigenvalue weighted by atomic mass is 10.2. The van der Waals surface area contributed by atoms with Crippen LogP contribution in [0.15, 0.2) is 41.3 Å². The number of benzene rings is 2. The maximum Gasteiger partial charge on any atom is 0.234 e. The topological polar surface area (TPSA) is 29.1 Å². The second-order valence-electron chi connectivity index (χ2n) is 4.32. The van der Waals surface area contributed by atoms with E-state index in [4.69, 9.17) is 11.6 Å². The molecule has 0 aromatic heterocycles. The Morgan fingerprint density at radius 3 is 2.81 bits per heavy atom. The Balaban J connectivity index is 1.99. The molecule has 0 radical (unpaired) electrons. The lowest BCUT2D eigenvalue weighted by Gasteiger charge is -2.09. The van der Waals surface area contributed by atoms with Crippen molar-refractivity contribution in [2.45, 2.75) is 11.8 Å². The van der Waals surface area contributed by atoms with Crippen LogP contribution in [0.5, 0.6) is 0 Å². The molecule has 0 saturated carbocycles. The maximum absolute atomic E-state index is 13.4. The van der Waals surface area contributed by atoms with Crippen molar-refractivity contribution in [3.05, 3.63) is 58.6 Å². The first-order valence-corrected chi connectivity index (χ1v) is 7.46. The van der Waals surface area contributed by atoms with Crippen LogP contribution in [0.1, 0.15) is 5.56 Å². The molecule has 2 nitrogen and oxygen atoms in total. The number of rotatable bonds is 4. The molecule has 6 heteroatoms. The smallest absolute Gasteiger partial charge is 0.234 e. The molecule has 2 rings (SSSR count). The summed E-state index contributed by atoms with van der Waals surface area (Å²) in [6.07, 6.45) is 0. The lowest BCUT2D eigenvalue weighted by Crippen LogP contribution is -2.15. The molecule has 0 saturated heterocycles. The molecule has 0 spiro atoms. The molecule has 0 aliphatic rings. The molecule has 2 aromatic carbocycles.